The zero-order valence-electron chi connectivity index (χ0n) is 12.2. The first kappa shape index (κ1) is 23.4. The molecule has 0 saturated carbocycles. The van der Waals surface area contributed by atoms with Crippen LogP contribution in [0.4, 0.5) is 0 Å². The third kappa shape index (κ3) is 11.8. The van der Waals surface area contributed by atoms with Crippen LogP contribution in [0.1, 0.15) is 0 Å². The fourth-order valence-corrected chi connectivity index (χ4v) is 1.12. The number of carbonyl (C=O) groups is 1. The molecule has 5 atom stereocenters. The predicted octanol–water partition coefficient (Wildman–Crippen LogP) is -4.56. The van der Waals surface area contributed by atoms with Gasteiger partial charge < -0.3 is 41.7 Å². The van der Waals surface area contributed by atoms with Gasteiger partial charge >= 0.3 is 5.97 Å². The number of nitrogens with two attached hydrogens (primary N) is 2. The molecule has 11 nitrogen and oxygen atoms in total. The first-order valence-electron chi connectivity index (χ1n) is 5.98. The number of aliphatic hydroxyl groups excluding tert-OH is 4. The van der Waals surface area contributed by atoms with E-state index in [0.717, 1.165) is 12.5 Å². The molecule has 1 unspecified atom stereocenters. The molecule has 1 aliphatic rings. The van der Waals surface area contributed by atoms with Gasteiger partial charge in [-0.3, -0.25) is 4.79 Å². The van der Waals surface area contributed by atoms with Gasteiger partial charge in [0.2, 0.25) is 0 Å². The zero-order valence-corrected chi connectivity index (χ0v) is 13.0. The molecule has 1 heterocycles. The highest BCUT2D eigenvalue weighted by Gasteiger charge is 2.41. The van der Waals surface area contributed by atoms with E-state index in [4.69, 9.17) is 25.8 Å². The van der Waals surface area contributed by atoms with Gasteiger partial charge in [0.25, 0.3) is 0 Å². The summed E-state index contributed by atoms with van der Waals surface area (Å²) >= 11 is 0. The quantitative estimate of drug-likeness (QED) is 0.252. The van der Waals surface area contributed by atoms with Crippen molar-refractivity contribution in [2.75, 3.05) is 25.7 Å². The summed E-state index contributed by atoms with van der Waals surface area (Å²) in [6.07, 6.45) is -2.53. The van der Waals surface area contributed by atoms with Crippen molar-refractivity contribution in [3.63, 3.8) is 0 Å². The minimum absolute atomic E-state index is 0.278. The van der Waals surface area contributed by atoms with Gasteiger partial charge in [0, 0.05) is 12.5 Å². The minimum atomic E-state index is -2.67. The zero-order chi connectivity index (χ0) is 18.1. The van der Waals surface area contributed by atoms with Gasteiger partial charge in [0.15, 0.2) is 6.29 Å². The van der Waals surface area contributed by atoms with Crippen molar-refractivity contribution >= 4 is 15.8 Å². The number of sulfone groups is 1. The second-order valence-electron chi connectivity index (χ2n) is 4.55. The lowest BCUT2D eigenvalue weighted by Gasteiger charge is -2.38. The summed E-state index contributed by atoms with van der Waals surface area (Å²) in [6, 6.07) is -1.04. The highest BCUT2D eigenvalue weighted by Crippen LogP contribution is 2.17. The van der Waals surface area contributed by atoms with Crippen LogP contribution in [0.15, 0.2) is 0 Å². The minimum Gasteiger partial charge on any atom is -0.480 e. The van der Waals surface area contributed by atoms with E-state index in [-0.39, 0.29) is 6.54 Å². The Morgan fingerprint density at radius 1 is 1.18 bits per heavy atom. The molecular weight excluding hydrogens is 324 g/mol. The van der Waals surface area contributed by atoms with E-state index >= 15 is 0 Å². The Labute approximate surface area is 128 Å². The summed E-state index contributed by atoms with van der Waals surface area (Å²) in [4.78, 5) is 9.24. The van der Waals surface area contributed by atoms with E-state index in [1.54, 1.807) is 0 Å². The molecule has 0 spiro atoms. The van der Waals surface area contributed by atoms with Crippen LogP contribution in [-0.4, -0.2) is 96.2 Å². The summed E-state index contributed by atoms with van der Waals surface area (Å²) in [6.45, 7) is -0.748. The molecule has 1 aliphatic heterocycles. The fourth-order valence-electron chi connectivity index (χ4n) is 1.12. The number of hydrogen-bond acceptors (Lipinski definition) is 10. The smallest absolute Gasteiger partial charge is 0.317 e. The monoisotopic (exact) mass is 348 g/mol. The second kappa shape index (κ2) is 10.8. The van der Waals surface area contributed by atoms with Gasteiger partial charge in [0.05, 0.1) is 19.2 Å². The third-order valence-corrected chi connectivity index (χ3v) is 2.12. The highest BCUT2D eigenvalue weighted by atomic mass is 32.2. The molecule has 22 heavy (non-hydrogen) atoms. The number of hydrogen-bond donors (Lipinski definition) is 7. The SMILES string of the molecule is CS(C)(=O)=O.NCC(=O)O.N[C@H]1C(O)O[C@H](CO)[C@@H](O)[C@@H]1O. The Kier molecular flexibility index (Phi) is 11.5. The number of carboxylic acids is 1. The van der Waals surface area contributed by atoms with Gasteiger partial charge in [-0.2, -0.15) is 0 Å². The van der Waals surface area contributed by atoms with E-state index in [2.05, 4.69) is 5.73 Å². The van der Waals surface area contributed by atoms with Crippen LogP contribution in [0.25, 0.3) is 0 Å². The van der Waals surface area contributed by atoms with Crippen LogP contribution >= 0.6 is 0 Å². The Balaban J connectivity index is 0. The molecule has 0 aromatic carbocycles. The summed E-state index contributed by atoms with van der Waals surface area (Å²) in [7, 11) is -2.67. The average Bonchev–Trinajstić information content (AvgIpc) is 2.39. The Hall–Kier alpha value is -0.860. The number of aliphatic carboxylic acids is 1. The molecular formula is C10H24N2O9S. The van der Waals surface area contributed by atoms with Crippen LogP contribution in [-0.2, 0) is 19.4 Å². The van der Waals surface area contributed by atoms with E-state index in [1.165, 1.54) is 0 Å². The number of ether oxygens (including phenoxy) is 1. The first-order valence-corrected chi connectivity index (χ1v) is 8.28. The molecule has 0 aromatic heterocycles. The Bertz CT molecular complexity index is 404. The van der Waals surface area contributed by atoms with Crippen molar-refractivity contribution in [3.05, 3.63) is 0 Å². The molecule has 1 saturated heterocycles. The van der Waals surface area contributed by atoms with Gasteiger partial charge in [-0.25, -0.2) is 8.42 Å². The van der Waals surface area contributed by atoms with Crippen molar-refractivity contribution in [3.8, 4) is 0 Å². The lowest BCUT2D eigenvalue weighted by molar-refractivity contribution is -0.248. The third-order valence-electron chi connectivity index (χ3n) is 2.12. The Morgan fingerprint density at radius 3 is 1.82 bits per heavy atom. The van der Waals surface area contributed by atoms with Crippen LogP contribution in [0.5, 0.6) is 0 Å². The molecule has 0 aromatic rings. The largest absolute Gasteiger partial charge is 0.480 e. The van der Waals surface area contributed by atoms with E-state index in [1.807, 2.05) is 0 Å². The van der Waals surface area contributed by atoms with Gasteiger partial charge in [-0.1, -0.05) is 0 Å². The molecule has 0 bridgehead atoms. The molecule has 0 aliphatic carbocycles. The molecule has 12 heteroatoms. The van der Waals surface area contributed by atoms with Crippen molar-refractivity contribution in [2.45, 2.75) is 30.6 Å². The van der Waals surface area contributed by atoms with E-state index in [9.17, 15) is 23.4 Å². The molecule has 9 N–H and O–H groups in total. The number of carboxylic acid groups (broad SMARTS) is 1. The Morgan fingerprint density at radius 2 is 1.55 bits per heavy atom. The van der Waals surface area contributed by atoms with Gasteiger partial charge in [-0.15, -0.1) is 0 Å². The van der Waals surface area contributed by atoms with Crippen molar-refractivity contribution in [2.24, 2.45) is 11.5 Å². The lowest BCUT2D eigenvalue weighted by Crippen LogP contribution is -2.61. The van der Waals surface area contributed by atoms with Crippen LogP contribution in [0, 0.1) is 0 Å². The molecule has 1 rings (SSSR count). The second-order valence-corrected chi connectivity index (χ2v) is 6.83. The van der Waals surface area contributed by atoms with Crippen LogP contribution < -0.4 is 11.5 Å². The van der Waals surface area contributed by atoms with Gasteiger partial charge in [0.1, 0.15) is 28.1 Å². The highest BCUT2D eigenvalue weighted by molar-refractivity contribution is 7.89. The average molecular weight is 348 g/mol. The molecule has 0 amide bonds. The van der Waals surface area contributed by atoms with E-state index < -0.39 is 53.1 Å². The first-order chi connectivity index (χ1) is 9.84. The number of aliphatic hydroxyl groups is 4. The predicted molar refractivity (Wildman–Crippen MR) is 75.4 cm³/mol. The number of rotatable bonds is 2. The van der Waals surface area contributed by atoms with Crippen LogP contribution in [0.3, 0.4) is 0 Å². The van der Waals surface area contributed by atoms with Crippen LogP contribution in [0.2, 0.25) is 0 Å². The molecule has 1 fully saturated rings. The lowest BCUT2D eigenvalue weighted by atomic mass is 9.98. The van der Waals surface area contributed by atoms with Crippen molar-refractivity contribution in [1.82, 2.24) is 0 Å². The fraction of sp³-hybridized carbons (Fsp3) is 0.900. The maximum absolute atomic E-state index is 9.63. The van der Waals surface area contributed by atoms with E-state index in [0.29, 0.717) is 0 Å². The van der Waals surface area contributed by atoms with Crippen molar-refractivity contribution < 1.29 is 43.5 Å². The maximum atomic E-state index is 9.63. The summed E-state index contributed by atoms with van der Waals surface area (Å²) < 4.78 is 24.0. The standard InChI is InChI=1S/C6H13NO5.C2H5NO2.C2H6O2S/c7-3-5(10)4(9)2(1-8)12-6(3)11;3-1-2(4)5;1-5(2,3)4/h2-6,8-11H,1,7H2;1,3H2,(H,4,5);1-2H3/t2-,3-,4-,5-,6?;;/m1../s1. The molecule has 0 radical (unpaired) electrons. The molecule has 134 valence electrons. The van der Waals surface area contributed by atoms with Gasteiger partial charge in [-0.05, 0) is 0 Å². The normalized spacial score (nSPS) is 31.2. The van der Waals surface area contributed by atoms with Crippen molar-refractivity contribution in [1.29, 1.82) is 0 Å². The topological polar surface area (TPSA) is 214 Å². The summed E-state index contributed by atoms with van der Waals surface area (Å²) in [5.41, 5.74) is 9.83. The summed E-state index contributed by atoms with van der Waals surface area (Å²) in [5, 5.41) is 43.7. The maximum Gasteiger partial charge on any atom is 0.317 e. The summed E-state index contributed by atoms with van der Waals surface area (Å²) in [5.74, 6) is -0.968.